The lowest BCUT2D eigenvalue weighted by Crippen LogP contribution is -2.34. The number of aryl methyl sites for hydroxylation is 1. The number of carbonyl (C=O) groups excluding carboxylic acids is 2. The molecule has 3 amide bonds. The molecule has 6 heteroatoms. The van der Waals surface area contributed by atoms with E-state index in [-0.39, 0.29) is 24.0 Å². The molecule has 2 N–H and O–H groups in total. The van der Waals surface area contributed by atoms with Crippen LogP contribution < -0.4 is 10.5 Å². The van der Waals surface area contributed by atoms with Gasteiger partial charge in [0.15, 0.2) is 0 Å². The number of nitrogens with zero attached hydrogens (tertiary/aromatic N) is 2. The Morgan fingerprint density at radius 3 is 2.81 bits per heavy atom. The van der Waals surface area contributed by atoms with Crippen LogP contribution in [0.25, 0.3) is 0 Å². The van der Waals surface area contributed by atoms with Crippen LogP contribution in [0, 0.1) is 0 Å². The van der Waals surface area contributed by atoms with Crippen molar-refractivity contribution in [1.29, 1.82) is 0 Å². The van der Waals surface area contributed by atoms with E-state index in [1.54, 1.807) is 12.0 Å². The fraction of sp³-hybridized carbons (Fsp3) is 0.600. The molecule has 3 rings (SSSR count). The first-order valence-electron chi connectivity index (χ1n) is 9.61. The van der Waals surface area contributed by atoms with Crippen LogP contribution in [-0.4, -0.2) is 54.0 Å². The lowest BCUT2D eigenvalue weighted by molar-refractivity contribution is -0.128. The molecule has 0 bridgehead atoms. The second kappa shape index (κ2) is 8.54. The predicted molar refractivity (Wildman–Crippen MR) is 100.0 cm³/mol. The van der Waals surface area contributed by atoms with E-state index in [0.29, 0.717) is 6.54 Å². The Morgan fingerprint density at radius 2 is 2.04 bits per heavy atom. The van der Waals surface area contributed by atoms with Crippen molar-refractivity contribution in [2.24, 2.45) is 5.73 Å². The zero-order valence-electron chi connectivity index (χ0n) is 15.5. The van der Waals surface area contributed by atoms with Crippen molar-refractivity contribution >= 4 is 11.9 Å². The van der Waals surface area contributed by atoms with Crippen molar-refractivity contribution in [2.45, 2.75) is 57.0 Å². The SMILES string of the molecule is COc1ccccc1CCC(N)CCCCN1C(=O)C2CCCN2C1=O. The van der Waals surface area contributed by atoms with Gasteiger partial charge in [0.25, 0.3) is 5.91 Å². The summed E-state index contributed by atoms with van der Waals surface area (Å²) < 4.78 is 5.37. The van der Waals surface area contributed by atoms with Crippen LogP contribution in [-0.2, 0) is 11.2 Å². The maximum atomic E-state index is 12.3. The van der Waals surface area contributed by atoms with Gasteiger partial charge < -0.3 is 15.4 Å². The number of unbranched alkanes of at least 4 members (excludes halogenated alkanes) is 1. The lowest BCUT2D eigenvalue weighted by atomic mass is 10.0. The Kier molecular flexibility index (Phi) is 6.14. The molecule has 2 heterocycles. The molecular weight excluding hydrogens is 330 g/mol. The molecule has 26 heavy (non-hydrogen) atoms. The van der Waals surface area contributed by atoms with Gasteiger partial charge in [-0.1, -0.05) is 24.6 Å². The van der Waals surface area contributed by atoms with Gasteiger partial charge in [-0.25, -0.2) is 4.79 Å². The summed E-state index contributed by atoms with van der Waals surface area (Å²) in [5, 5.41) is 0. The van der Waals surface area contributed by atoms with Crippen LogP contribution in [0.5, 0.6) is 5.75 Å². The minimum atomic E-state index is -0.189. The summed E-state index contributed by atoms with van der Waals surface area (Å²) in [6.07, 6.45) is 6.20. The Labute approximate surface area is 155 Å². The number of hydrogen-bond acceptors (Lipinski definition) is 4. The molecule has 2 saturated heterocycles. The van der Waals surface area contributed by atoms with Crippen molar-refractivity contribution in [3.63, 3.8) is 0 Å². The highest BCUT2D eigenvalue weighted by Gasteiger charge is 2.46. The van der Waals surface area contributed by atoms with Crippen LogP contribution in [0.1, 0.15) is 44.1 Å². The van der Waals surface area contributed by atoms with E-state index < -0.39 is 0 Å². The number of carbonyl (C=O) groups is 2. The fourth-order valence-corrected chi connectivity index (χ4v) is 3.96. The maximum Gasteiger partial charge on any atom is 0.327 e. The van der Waals surface area contributed by atoms with Crippen molar-refractivity contribution in [1.82, 2.24) is 9.80 Å². The van der Waals surface area contributed by atoms with Crippen molar-refractivity contribution in [2.75, 3.05) is 20.2 Å². The van der Waals surface area contributed by atoms with Gasteiger partial charge in [-0.2, -0.15) is 0 Å². The van der Waals surface area contributed by atoms with E-state index in [0.717, 1.165) is 57.2 Å². The molecule has 0 radical (unpaired) electrons. The molecule has 0 aromatic heterocycles. The summed E-state index contributed by atoms with van der Waals surface area (Å²) in [4.78, 5) is 27.7. The summed E-state index contributed by atoms with van der Waals surface area (Å²) in [6, 6.07) is 7.85. The first-order chi connectivity index (χ1) is 12.6. The molecular formula is C20H29N3O3. The van der Waals surface area contributed by atoms with Gasteiger partial charge >= 0.3 is 6.03 Å². The molecule has 2 aliphatic heterocycles. The third-order valence-corrected chi connectivity index (χ3v) is 5.46. The fourth-order valence-electron chi connectivity index (χ4n) is 3.96. The highest BCUT2D eigenvalue weighted by atomic mass is 16.5. The Hall–Kier alpha value is -2.08. The largest absolute Gasteiger partial charge is 0.496 e. The Balaban J connectivity index is 1.36. The summed E-state index contributed by atoms with van der Waals surface area (Å²) in [5.74, 6) is 0.902. The summed E-state index contributed by atoms with van der Waals surface area (Å²) >= 11 is 0. The molecule has 142 valence electrons. The minimum Gasteiger partial charge on any atom is -0.496 e. The third-order valence-electron chi connectivity index (χ3n) is 5.46. The predicted octanol–water partition coefficient (Wildman–Crippen LogP) is 2.55. The Morgan fingerprint density at radius 1 is 1.23 bits per heavy atom. The molecule has 0 spiro atoms. The molecule has 0 saturated carbocycles. The number of nitrogens with two attached hydrogens (primary N) is 1. The average molecular weight is 359 g/mol. The zero-order valence-corrected chi connectivity index (χ0v) is 15.5. The molecule has 2 atom stereocenters. The number of fused-ring (bicyclic) bond motifs is 1. The number of para-hydroxylation sites is 1. The second-order valence-electron chi connectivity index (χ2n) is 7.23. The number of amides is 3. The van der Waals surface area contributed by atoms with Crippen LogP contribution in [0.15, 0.2) is 24.3 Å². The highest BCUT2D eigenvalue weighted by molar-refractivity contribution is 6.04. The first kappa shape index (κ1) is 18.7. The van der Waals surface area contributed by atoms with Gasteiger partial charge in [0, 0.05) is 19.1 Å². The molecule has 2 unspecified atom stereocenters. The van der Waals surface area contributed by atoms with Gasteiger partial charge in [-0.15, -0.1) is 0 Å². The van der Waals surface area contributed by atoms with E-state index >= 15 is 0 Å². The van der Waals surface area contributed by atoms with Gasteiger partial charge in [0.05, 0.1) is 7.11 Å². The van der Waals surface area contributed by atoms with Crippen LogP contribution >= 0.6 is 0 Å². The van der Waals surface area contributed by atoms with Crippen molar-refractivity contribution in [3.05, 3.63) is 29.8 Å². The number of urea groups is 1. The first-order valence-corrected chi connectivity index (χ1v) is 9.61. The normalized spacial score (nSPS) is 20.6. The molecule has 0 aliphatic carbocycles. The van der Waals surface area contributed by atoms with E-state index in [1.807, 2.05) is 18.2 Å². The molecule has 1 aromatic carbocycles. The molecule has 1 aromatic rings. The smallest absolute Gasteiger partial charge is 0.327 e. The highest BCUT2D eigenvalue weighted by Crippen LogP contribution is 2.27. The standard InChI is InChI=1S/C20H29N3O3/c1-26-18-10-3-2-7-15(18)11-12-16(21)8-4-5-13-23-19(24)17-9-6-14-22(17)20(23)25/h2-3,7,10,16-17H,4-6,8-9,11-14,21H2,1H3. The summed E-state index contributed by atoms with van der Waals surface area (Å²) in [5.41, 5.74) is 7.42. The van der Waals surface area contributed by atoms with E-state index in [4.69, 9.17) is 10.5 Å². The molecule has 2 fully saturated rings. The van der Waals surface area contributed by atoms with Crippen molar-refractivity contribution < 1.29 is 14.3 Å². The minimum absolute atomic E-state index is 0.00651. The monoisotopic (exact) mass is 359 g/mol. The van der Waals surface area contributed by atoms with Gasteiger partial charge in [-0.05, 0) is 50.2 Å². The zero-order chi connectivity index (χ0) is 18.5. The molecule has 2 aliphatic rings. The number of rotatable bonds is 9. The van der Waals surface area contributed by atoms with Crippen LogP contribution in [0.3, 0.4) is 0 Å². The van der Waals surface area contributed by atoms with E-state index in [2.05, 4.69) is 6.07 Å². The number of benzene rings is 1. The quantitative estimate of drug-likeness (QED) is 0.543. The van der Waals surface area contributed by atoms with Gasteiger partial charge in [0.1, 0.15) is 11.8 Å². The number of hydrogen-bond donors (Lipinski definition) is 1. The lowest BCUT2D eigenvalue weighted by Gasteiger charge is -2.16. The topological polar surface area (TPSA) is 75.9 Å². The van der Waals surface area contributed by atoms with Crippen molar-refractivity contribution in [3.8, 4) is 5.75 Å². The van der Waals surface area contributed by atoms with E-state index in [1.165, 1.54) is 10.5 Å². The summed E-state index contributed by atoms with van der Waals surface area (Å²) in [7, 11) is 1.68. The average Bonchev–Trinajstić information content (AvgIpc) is 3.22. The van der Waals surface area contributed by atoms with Gasteiger partial charge in [-0.3, -0.25) is 9.69 Å². The third kappa shape index (κ3) is 4.01. The Bertz CT molecular complexity index is 627. The van der Waals surface area contributed by atoms with Crippen LogP contribution in [0.4, 0.5) is 4.79 Å². The van der Waals surface area contributed by atoms with E-state index in [9.17, 15) is 9.59 Å². The summed E-state index contributed by atoms with van der Waals surface area (Å²) in [6.45, 7) is 1.24. The number of ether oxygens (including phenoxy) is 1. The second-order valence-corrected chi connectivity index (χ2v) is 7.23. The number of imide groups is 1. The molecule has 6 nitrogen and oxygen atoms in total. The maximum absolute atomic E-state index is 12.3. The number of methoxy groups -OCH3 is 1. The van der Waals surface area contributed by atoms with Crippen LogP contribution in [0.2, 0.25) is 0 Å². The van der Waals surface area contributed by atoms with Gasteiger partial charge in [0.2, 0.25) is 0 Å².